The van der Waals surface area contributed by atoms with E-state index in [1.807, 2.05) is 43.3 Å². The molecule has 0 spiro atoms. The van der Waals surface area contributed by atoms with Crippen LogP contribution < -0.4 is 5.73 Å². The van der Waals surface area contributed by atoms with Gasteiger partial charge in [-0.2, -0.15) is 0 Å². The molecule has 0 unspecified atom stereocenters. The molecule has 3 nitrogen and oxygen atoms in total. The van der Waals surface area contributed by atoms with Crippen LogP contribution in [0.3, 0.4) is 0 Å². The van der Waals surface area contributed by atoms with Crippen molar-refractivity contribution in [2.24, 2.45) is 5.73 Å². The van der Waals surface area contributed by atoms with Gasteiger partial charge < -0.3 is 5.73 Å². The fourth-order valence-electron chi connectivity index (χ4n) is 2.46. The van der Waals surface area contributed by atoms with Crippen molar-refractivity contribution in [3.8, 4) is 22.6 Å². The lowest BCUT2D eigenvalue weighted by Gasteiger charge is -2.13. The molecule has 0 aliphatic rings. The molecule has 5 heteroatoms. The second-order valence-corrected chi connectivity index (χ2v) is 6.00. The first kappa shape index (κ1) is 15.9. The van der Waals surface area contributed by atoms with Crippen LogP contribution in [0.1, 0.15) is 11.3 Å². The molecule has 0 fully saturated rings. The molecule has 0 aliphatic carbocycles. The predicted octanol–water partition coefficient (Wildman–Crippen LogP) is 4.88. The van der Waals surface area contributed by atoms with Crippen molar-refractivity contribution in [2.45, 2.75) is 13.5 Å². The normalized spacial score (nSPS) is 10.8. The zero-order valence-corrected chi connectivity index (χ0v) is 14.1. The highest BCUT2D eigenvalue weighted by Gasteiger charge is 2.16. The van der Waals surface area contributed by atoms with Crippen LogP contribution in [0.2, 0.25) is 10.0 Å². The van der Waals surface area contributed by atoms with Crippen LogP contribution in [0.4, 0.5) is 0 Å². The third kappa shape index (κ3) is 3.22. The Balaban J connectivity index is 2.24. The number of halogens is 2. The molecule has 0 bridgehead atoms. The number of aromatic nitrogens is 2. The van der Waals surface area contributed by atoms with Gasteiger partial charge >= 0.3 is 0 Å². The van der Waals surface area contributed by atoms with Crippen molar-refractivity contribution < 1.29 is 0 Å². The maximum Gasteiger partial charge on any atom is 0.160 e. The molecule has 1 heterocycles. The van der Waals surface area contributed by atoms with Crippen LogP contribution >= 0.6 is 23.2 Å². The van der Waals surface area contributed by atoms with Crippen LogP contribution in [0.25, 0.3) is 22.6 Å². The van der Waals surface area contributed by atoms with Gasteiger partial charge in [0, 0.05) is 34.0 Å². The fraction of sp³-hybridized carbons (Fsp3) is 0.111. The van der Waals surface area contributed by atoms with Crippen LogP contribution in [0.15, 0.2) is 48.5 Å². The van der Waals surface area contributed by atoms with E-state index in [0.29, 0.717) is 22.4 Å². The van der Waals surface area contributed by atoms with E-state index in [4.69, 9.17) is 33.9 Å². The molecule has 0 aliphatic heterocycles. The Morgan fingerprint density at radius 1 is 1.00 bits per heavy atom. The van der Waals surface area contributed by atoms with Crippen molar-refractivity contribution in [1.82, 2.24) is 9.97 Å². The van der Waals surface area contributed by atoms with Crippen molar-refractivity contribution >= 4 is 23.2 Å². The minimum Gasteiger partial charge on any atom is -0.326 e. The van der Waals surface area contributed by atoms with Crippen LogP contribution in [0, 0.1) is 6.92 Å². The van der Waals surface area contributed by atoms with Crippen molar-refractivity contribution in [2.75, 3.05) is 0 Å². The second kappa shape index (κ2) is 6.67. The fourth-order valence-corrected chi connectivity index (χ4v) is 2.96. The van der Waals surface area contributed by atoms with Crippen molar-refractivity contribution in [3.05, 3.63) is 69.8 Å². The first-order chi connectivity index (χ1) is 11.1. The summed E-state index contributed by atoms with van der Waals surface area (Å²) in [5.41, 5.74) is 10.1. The summed E-state index contributed by atoms with van der Waals surface area (Å²) in [6, 6.07) is 15.2. The second-order valence-electron chi connectivity index (χ2n) is 5.15. The summed E-state index contributed by atoms with van der Waals surface area (Å²) < 4.78 is 0. The van der Waals surface area contributed by atoms with Gasteiger partial charge in [-0.1, -0.05) is 53.5 Å². The Morgan fingerprint density at radius 2 is 1.74 bits per heavy atom. The average Bonchev–Trinajstić information content (AvgIpc) is 2.55. The van der Waals surface area contributed by atoms with Gasteiger partial charge in [-0.15, -0.1) is 0 Å². The molecular weight excluding hydrogens is 329 g/mol. The van der Waals surface area contributed by atoms with E-state index in [1.54, 1.807) is 12.1 Å². The van der Waals surface area contributed by atoms with E-state index in [0.717, 1.165) is 28.1 Å². The molecule has 2 aromatic carbocycles. The Kier molecular flexibility index (Phi) is 4.62. The molecule has 0 saturated carbocycles. The van der Waals surface area contributed by atoms with Crippen LogP contribution in [-0.2, 0) is 6.54 Å². The lowest BCUT2D eigenvalue weighted by Crippen LogP contribution is -2.07. The Labute approximate surface area is 145 Å². The molecule has 2 N–H and O–H groups in total. The van der Waals surface area contributed by atoms with Gasteiger partial charge in [-0.25, -0.2) is 9.97 Å². The van der Waals surface area contributed by atoms with Gasteiger partial charge in [0.2, 0.25) is 0 Å². The number of hydrogen-bond donors (Lipinski definition) is 1. The van der Waals surface area contributed by atoms with Gasteiger partial charge in [0.05, 0.1) is 10.7 Å². The topological polar surface area (TPSA) is 51.8 Å². The van der Waals surface area contributed by atoms with E-state index in [9.17, 15) is 0 Å². The number of nitrogens with two attached hydrogens (primary N) is 1. The lowest BCUT2D eigenvalue weighted by molar-refractivity contribution is 0.978. The van der Waals surface area contributed by atoms with E-state index < -0.39 is 0 Å². The summed E-state index contributed by atoms with van der Waals surface area (Å²) in [5.74, 6) is 0.654. The molecule has 0 radical (unpaired) electrons. The molecule has 3 aromatic rings. The summed E-state index contributed by atoms with van der Waals surface area (Å²) in [6.07, 6.45) is 0. The first-order valence-electron chi connectivity index (χ1n) is 7.18. The Hall–Kier alpha value is -1.94. The number of benzene rings is 2. The summed E-state index contributed by atoms with van der Waals surface area (Å²) in [6.45, 7) is 2.28. The molecule has 3 rings (SSSR count). The highest BCUT2D eigenvalue weighted by molar-refractivity contribution is 6.36. The average molecular weight is 344 g/mol. The van der Waals surface area contributed by atoms with Crippen LogP contribution in [0.5, 0.6) is 0 Å². The van der Waals surface area contributed by atoms with E-state index >= 15 is 0 Å². The summed E-state index contributed by atoms with van der Waals surface area (Å²) >= 11 is 12.4. The maximum absolute atomic E-state index is 6.36. The van der Waals surface area contributed by atoms with Crippen molar-refractivity contribution in [3.63, 3.8) is 0 Å². The third-order valence-corrected chi connectivity index (χ3v) is 4.18. The number of hydrogen-bond acceptors (Lipinski definition) is 3. The molecular formula is C18H15Cl2N3. The minimum absolute atomic E-state index is 0.342. The van der Waals surface area contributed by atoms with E-state index in [-0.39, 0.29) is 0 Å². The summed E-state index contributed by atoms with van der Waals surface area (Å²) in [5, 5.41) is 1.13. The van der Waals surface area contributed by atoms with Gasteiger partial charge in [0.25, 0.3) is 0 Å². The highest BCUT2D eigenvalue weighted by Crippen LogP contribution is 2.33. The first-order valence-corrected chi connectivity index (χ1v) is 7.94. The molecule has 0 atom stereocenters. The monoisotopic (exact) mass is 343 g/mol. The number of aryl methyl sites for hydroxylation is 1. The summed E-state index contributed by atoms with van der Waals surface area (Å²) in [4.78, 5) is 9.30. The standard InChI is InChI=1S/C18H15Cl2N3/c1-11-15(10-21)17(14-8-7-13(19)9-16(14)20)23-18(22-11)12-5-3-2-4-6-12/h2-9H,10,21H2,1H3. The number of nitrogens with zero attached hydrogens (tertiary/aromatic N) is 2. The van der Waals surface area contributed by atoms with E-state index in [2.05, 4.69) is 4.98 Å². The quantitative estimate of drug-likeness (QED) is 0.736. The summed E-state index contributed by atoms with van der Waals surface area (Å²) in [7, 11) is 0. The zero-order chi connectivity index (χ0) is 16.4. The van der Waals surface area contributed by atoms with Crippen LogP contribution in [-0.4, -0.2) is 9.97 Å². The predicted molar refractivity (Wildman–Crippen MR) is 95.6 cm³/mol. The zero-order valence-electron chi connectivity index (χ0n) is 12.6. The molecule has 0 amide bonds. The Bertz CT molecular complexity index is 848. The van der Waals surface area contributed by atoms with Gasteiger partial charge in [0.1, 0.15) is 0 Å². The van der Waals surface area contributed by atoms with Gasteiger partial charge in [-0.05, 0) is 25.1 Å². The van der Waals surface area contributed by atoms with Crippen molar-refractivity contribution in [1.29, 1.82) is 0 Å². The maximum atomic E-state index is 6.36. The SMILES string of the molecule is Cc1nc(-c2ccccc2)nc(-c2ccc(Cl)cc2Cl)c1CN. The molecule has 1 aromatic heterocycles. The third-order valence-electron chi connectivity index (χ3n) is 3.64. The number of rotatable bonds is 3. The molecule has 0 saturated heterocycles. The smallest absolute Gasteiger partial charge is 0.160 e. The molecule has 116 valence electrons. The van der Waals surface area contributed by atoms with Gasteiger partial charge in [-0.3, -0.25) is 0 Å². The Morgan fingerprint density at radius 3 is 2.39 bits per heavy atom. The highest BCUT2D eigenvalue weighted by atomic mass is 35.5. The molecule has 23 heavy (non-hydrogen) atoms. The minimum atomic E-state index is 0.342. The van der Waals surface area contributed by atoms with Gasteiger partial charge in [0.15, 0.2) is 5.82 Å². The lowest BCUT2D eigenvalue weighted by atomic mass is 10.0. The van der Waals surface area contributed by atoms with E-state index in [1.165, 1.54) is 0 Å². The largest absolute Gasteiger partial charge is 0.326 e.